The fourth-order valence-electron chi connectivity index (χ4n) is 3.45. The van der Waals surface area contributed by atoms with E-state index in [0.717, 1.165) is 5.56 Å². The molecule has 0 fully saturated rings. The molecule has 0 spiro atoms. The summed E-state index contributed by atoms with van der Waals surface area (Å²) < 4.78 is 0. The Morgan fingerprint density at radius 2 is 1.71 bits per heavy atom. The van der Waals surface area contributed by atoms with Gasteiger partial charge in [0.05, 0.1) is 6.04 Å². The second-order valence-electron chi connectivity index (χ2n) is 8.12. The number of aliphatic hydroxyl groups excluding tert-OH is 1. The molecule has 0 aliphatic carbocycles. The van der Waals surface area contributed by atoms with Crippen molar-refractivity contribution in [3.63, 3.8) is 0 Å². The first-order valence-electron chi connectivity index (χ1n) is 11.2. The molecule has 3 unspecified atom stereocenters. The summed E-state index contributed by atoms with van der Waals surface area (Å²) in [5.41, 5.74) is 6.71. The highest BCUT2D eigenvalue weighted by atomic mass is 16.3. The fraction of sp³-hybridized carbons (Fsp3) is 0.360. The molecule has 0 bridgehead atoms. The van der Waals surface area contributed by atoms with E-state index in [2.05, 4.69) is 16.0 Å². The Morgan fingerprint density at radius 3 is 2.32 bits per heavy atom. The van der Waals surface area contributed by atoms with E-state index in [9.17, 15) is 24.3 Å². The Hall–Kier alpha value is -3.72. The second-order valence-corrected chi connectivity index (χ2v) is 8.12. The summed E-state index contributed by atoms with van der Waals surface area (Å²) in [6.45, 7) is 3.02. The smallest absolute Gasteiger partial charge is 0.316 e. The summed E-state index contributed by atoms with van der Waals surface area (Å²) in [4.78, 5) is 49.4. The highest BCUT2D eigenvalue weighted by Crippen LogP contribution is 2.14. The molecule has 9 nitrogen and oxygen atoms in total. The van der Waals surface area contributed by atoms with Crippen LogP contribution >= 0.6 is 0 Å². The van der Waals surface area contributed by atoms with E-state index in [0.29, 0.717) is 24.9 Å². The van der Waals surface area contributed by atoms with E-state index in [4.69, 9.17) is 5.73 Å². The van der Waals surface area contributed by atoms with Gasteiger partial charge in [0, 0.05) is 11.3 Å². The Kier molecular flexibility index (Phi) is 10.2. The van der Waals surface area contributed by atoms with Crippen LogP contribution in [0.15, 0.2) is 54.6 Å². The summed E-state index contributed by atoms with van der Waals surface area (Å²) in [6, 6.07) is 13.1. The zero-order valence-electron chi connectivity index (χ0n) is 19.4. The van der Waals surface area contributed by atoms with Gasteiger partial charge in [-0.05, 0) is 42.5 Å². The zero-order valence-corrected chi connectivity index (χ0v) is 19.4. The van der Waals surface area contributed by atoms with Gasteiger partial charge in [-0.1, -0.05) is 56.7 Å². The molecule has 6 N–H and O–H groups in total. The van der Waals surface area contributed by atoms with Gasteiger partial charge in [-0.15, -0.1) is 0 Å². The van der Waals surface area contributed by atoms with Gasteiger partial charge in [0.2, 0.25) is 5.91 Å². The molecular formula is C25H32N4O5. The Balaban J connectivity index is 2.14. The zero-order chi connectivity index (χ0) is 25.1. The van der Waals surface area contributed by atoms with Crippen molar-refractivity contribution in [2.75, 3.05) is 11.9 Å². The quantitative estimate of drug-likeness (QED) is 0.323. The van der Waals surface area contributed by atoms with Crippen LogP contribution in [0.2, 0.25) is 0 Å². The molecule has 0 saturated carbocycles. The Labute approximate surface area is 199 Å². The molecule has 9 heteroatoms. The van der Waals surface area contributed by atoms with E-state index in [1.165, 1.54) is 6.07 Å². The van der Waals surface area contributed by atoms with Crippen LogP contribution in [0.4, 0.5) is 10.5 Å². The van der Waals surface area contributed by atoms with Crippen LogP contribution in [-0.4, -0.2) is 47.4 Å². The molecule has 4 amide bonds. The van der Waals surface area contributed by atoms with Crippen LogP contribution < -0.4 is 21.7 Å². The number of primary amides is 1. The van der Waals surface area contributed by atoms with Gasteiger partial charge >= 0.3 is 6.03 Å². The van der Waals surface area contributed by atoms with Gasteiger partial charge in [-0.25, -0.2) is 4.79 Å². The predicted molar refractivity (Wildman–Crippen MR) is 129 cm³/mol. The van der Waals surface area contributed by atoms with Crippen molar-refractivity contribution >= 4 is 29.3 Å². The summed E-state index contributed by atoms with van der Waals surface area (Å²) in [5, 5.41) is 17.2. The van der Waals surface area contributed by atoms with Gasteiger partial charge < -0.3 is 26.8 Å². The molecule has 0 heterocycles. The second kappa shape index (κ2) is 13.1. The van der Waals surface area contributed by atoms with Crippen LogP contribution in [0.3, 0.4) is 0 Å². The molecule has 0 aromatic heterocycles. The standard InChI is InChI=1S/C25H32N4O5/c1-3-16(2)22(29-23(32)18-10-7-11-19(14-18)27-25(26)34)24(33)28-20(21(31)15-30)13-12-17-8-5-4-6-9-17/h4-11,14,16,20,22,30H,3,12-13,15H2,1-2H3,(H,28,33)(H,29,32)(H3,26,27,34). The summed E-state index contributed by atoms with van der Waals surface area (Å²) >= 11 is 0. The van der Waals surface area contributed by atoms with Crippen molar-refractivity contribution in [2.24, 2.45) is 11.7 Å². The summed E-state index contributed by atoms with van der Waals surface area (Å²) in [7, 11) is 0. The number of urea groups is 1. The summed E-state index contributed by atoms with van der Waals surface area (Å²) in [6.07, 6.45) is 1.46. The minimum absolute atomic E-state index is 0.227. The molecule has 2 aromatic carbocycles. The largest absolute Gasteiger partial charge is 0.389 e. The lowest BCUT2D eigenvalue weighted by molar-refractivity contribution is -0.131. The third-order valence-corrected chi connectivity index (χ3v) is 5.60. The maximum atomic E-state index is 13.1. The number of benzene rings is 2. The van der Waals surface area contributed by atoms with Crippen molar-refractivity contribution in [1.29, 1.82) is 0 Å². The van der Waals surface area contributed by atoms with E-state index >= 15 is 0 Å². The van der Waals surface area contributed by atoms with Crippen molar-refractivity contribution in [3.05, 3.63) is 65.7 Å². The van der Waals surface area contributed by atoms with Gasteiger partial charge in [-0.2, -0.15) is 0 Å². The van der Waals surface area contributed by atoms with E-state index in [-0.39, 0.29) is 11.5 Å². The third-order valence-electron chi connectivity index (χ3n) is 5.60. The van der Waals surface area contributed by atoms with Gasteiger partial charge in [0.1, 0.15) is 12.6 Å². The maximum absolute atomic E-state index is 13.1. The van der Waals surface area contributed by atoms with Gasteiger partial charge in [0.15, 0.2) is 5.78 Å². The molecule has 2 rings (SSSR count). The number of rotatable bonds is 12. The molecule has 2 aromatic rings. The number of Topliss-reactive ketones (excluding diaryl/α,β-unsaturated/α-hetero) is 1. The average molecular weight is 469 g/mol. The SMILES string of the molecule is CCC(C)C(NC(=O)c1cccc(NC(N)=O)c1)C(=O)NC(CCc1ccccc1)C(=O)CO. The number of hydrogen-bond acceptors (Lipinski definition) is 5. The van der Waals surface area contributed by atoms with Crippen molar-refractivity contribution in [1.82, 2.24) is 10.6 Å². The van der Waals surface area contributed by atoms with E-state index in [1.54, 1.807) is 18.2 Å². The molecule has 182 valence electrons. The molecular weight excluding hydrogens is 436 g/mol. The first-order valence-corrected chi connectivity index (χ1v) is 11.2. The Morgan fingerprint density at radius 1 is 1.00 bits per heavy atom. The fourth-order valence-corrected chi connectivity index (χ4v) is 3.45. The third kappa shape index (κ3) is 8.00. The monoisotopic (exact) mass is 468 g/mol. The normalized spacial score (nSPS) is 13.3. The number of anilines is 1. The van der Waals surface area contributed by atoms with Crippen LogP contribution in [0, 0.1) is 5.92 Å². The number of carbonyl (C=O) groups is 4. The first-order chi connectivity index (χ1) is 16.2. The number of aryl methyl sites for hydroxylation is 1. The highest BCUT2D eigenvalue weighted by molar-refractivity contribution is 6.00. The molecule has 34 heavy (non-hydrogen) atoms. The minimum Gasteiger partial charge on any atom is -0.389 e. The number of carbonyl (C=O) groups excluding carboxylic acids is 4. The lowest BCUT2D eigenvalue weighted by atomic mass is 9.96. The number of nitrogens with two attached hydrogens (primary N) is 1. The predicted octanol–water partition coefficient (Wildman–Crippen LogP) is 2.00. The van der Waals surface area contributed by atoms with E-state index < -0.39 is 42.3 Å². The van der Waals surface area contributed by atoms with Crippen LogP contribution in [0.1, 0.15) is 42.6 Å². The van der Waals surface area contributed by atoms with Gasteiger partial charge in [-0.3, -0.25) is 14.4 Å². The summed E-state index contributed by atoms with van der Waals surface area (Å²) in [5.74, 6) is -1.74. The first kappa shape index (κ1) is 26.5. The number of hydrogen-bond donors (Lipinski definition) is 5. The van der Waals surface area contributed by atoms with Crippen molar-refractivity contribution < 1.29 is 24.3 Å². The number of nitrogens with one attached hydrogen (secondary N) is 3. The molecule has 0 saturated heterocycles. The lowest BCUT2D eigenvalue weighted by Crippen LogP contribution is -2.54. The molecule has 0 radical (unpaired) electrons. The number of ketones is 1. The topological polar surface area (TPSA) is 151 Å². The van der Waals surface area contributed by atoms with Crippen molar-refractivity contribution in [3.8, 4) is 0 Å². The van der Waals surface area contributed by atoms with Crippen LogP contribution in [0.5, 0.6) is 0 Å². The molecule has 0 aliphatic heterocycles. The average Bonchev–Trinajstić information content (AvgIpc) is 2.84. The van der Waals surface area contributed by atoms with Gasteiger partial charge in [0.25, 0.3) is 5.91 Å². The number of aliphatic hydroxyl groups is 1. The van der Waals surface area contributed by atoms with E-state index in [1.807, 2.05) is 44.2 Å². The number of amides is 4. The lowest BCUT2D eigenvalue weighted by Gasteiger charge is -2.26. The molecule has 3 atom stereocenters. The minimum atomic E-state index is -0.907. The maximum Gasteiger partial charge on any atom is 0.316 e. The van der Waals surface area contributed by atoms with Crippen molar-refractivity contribution in [2.45, 2.75) is 45.2 Å². The van der Waals surface area contributed by atoms with Crippen LogP contribution in [-0.2, 0) is 16.0 Å². The Bertz CT molecular complexity index is 996. The van der Waals surface area contributed by atoms with Crippen LogP contribution in [0.25, 0.3) is 0 Å². The molecule has 0 aliphatic rings. The highest BCUT2D eigenvalue weighted by Gasteiger charge is 2.30.